The Kier molecular flexibility index (Phi) is 5.11. The van der Waals surface area contributed by atoms with E-state index in [4.69, 9.17) is 9.97 Å². The fourth-order valence-corrected chi connectivity index (χ4v) is 5.82. The molecule has 9 heteroatoms. The molecule has 0 atom stereocenters. The Balaban J connectivity index is 1.28. The molecule has 0 radical (unpaired) electrons. The van der Waals surface area contributed by atoms with Gasteiger partial charge in [0.1, 0.15) is 16.9 Å². The molecule has 6 aromatic rings. The molecule has 178 valence electrons. The van der Waals surface area contributed by atoms with Crippen LogP contribution in [0, 0.1) is 6.92 Å². The zero-order valence-electron chi connectivity index (χ0n) is 19.8. The number of aromatic nitrogens is 7. The van der Waals surface area contributed by atoms with Crippen molar-refractivity contribution in [1.29, 1.82) is 0 Å². The van der Waals surface area contributed by atoms with Gasteiger partial charge in [0.2, 0.25) is 0 Å². The lowest BCUT2D eigenvalue weighted by molar-refractivity contribution is 0.331. The van der Waals surface area contributed by atoms with Gasteiger partial charge in [-0.2, -0.15) is 5.10 Å². The third kappa shape index (κ3) is 3.77. The number of nitrogens with zero attached hydrogens (tertiary/aromatic N) is 6. The van der Waals surface area contributed by atoms with Gasteiger partial charge in [-0.15, -0.1) is 11.3 Å². The molecule has 7 heterocycles. The molecule has 2 N–H and O–H groups in total. The molecule has 1 aliphatic rings. The Morgan fingerprint density at radius 2 is 1.89 bits per heavy atom. The second-order valence-electron chi connectivity index (χ2n) is 9.30. The lowest BCUT2D eigenvalue weighted by Crippen LogP contribution is -2.18. The molecule has 0 amide bonds. The molecular weight excluding hydrogens is 468 g/mol. The lowest BCUT2D eigenvalue weighted by Gasteiger charge is -2.14. The minimum Gasteiger partial charge on any atom is -0.336 e. The van der Waals surface area contributed by atoms with Gasteiger partial charge in [-0.1, -0.05) is 0 Å². The van der Waals surface area contributed by atoms with Crippen molar-refractivity contribution < 1.29 is 0 Å². The van der Waals surface area contributed by atoms with Gasteiger partial charge in [0.15, 0.2) is 5.82 Å². The number of pyridine rings is 3. The minimum absolute atomic E-state index is 0.705. The summed E-state index contributed by atoms with van der Waals surface area (Å²) in [5.74, 6) is 0.705. The average molecular weight is 493 g/mol. The Labute approximate surface area is 211 Å². The smallest absolute Gasteiger partial charge is 0.159 e. The lowest BCUT2D eigenvalue weighted by atomic mass is 10.1. The van der Waals surface area contributed by atoms with Crippen molar-refractivity contribution >= 4 is 33.3 Å². The number of imidazole rings is 1. The molecule has 0 bridgehead atoms. The van der Waals surface area contributed by atoms with E-state index >= 15 is 0 Å². The highest BCUT2D eigenvalue weighted by Crippen LogP contribution is 2.34. The number of nitrogens with one attached hydrogen (secondary N) is 2. The van der Waals surface area contributed by atoms with Gasteiger partial charge in [-0.05, 0) is 68.8 Å². The van der Waals surface area contributed by atoms with E-state index in [-0.39, 0.29) is 0 Å². The van der Waals surface area contributed by atoms with Crippen LogP contribution >= 0.6 is 11.3 Å². The molecule has 1 aliphatic heterocycles. The molecule has 0 spiro atoms. The highest BCUT2D eigenvalue weighted by molar-refractivity contribution is 7.15. The predicted octanol–water partition coefficient (Wildman–Crippen LogP) is 5.59. The first-order chi connectivity index (χ1) is 17.7. The monoisotopic (exact) mass is 492 g/mol. The number of aryl methyl sites for hydroxylation is 1. The number of hydrogen-bond donors (Lipinski definition) is 2. The van der Waals surface area contributed by atoms with E-state index in [9.17, 15) is 0 Å². The summed E-state index contributed by atoms with van der Waals surface area (Å²) in [5, 5.41) is 8.66. The highest BCUT2D eigenvalue weighted by atomic mass is 32.1. The highest BCUT2D eigenvalue weighted by Gasteiger charge is 2.18. The van der Waals surface area contributed by atoms with Crippen molar-refractivity contribution in [3.63, 3.8) is 0 Å². The van der Waals surface area contributed by atoms with Crippen LogP contribution in [0.4, 0.5) is 0 Å². The Morgan fingerprint density at radius 1 is 0.972 bits per heavy atom. The molecule has 7 rings (SSSR count). The average Bonchev–Trinajstić information content (AvgIpc) is 3.70. The maximum absolute atomic E-state index is 4.93. The van der Waals surface area contributed by atoms with Gasteiger partial charge in [0.25, 0.3) is 0 Å². The fourth-order valence-electron chi connectivity index (χ4n) is 4.96. The Hall–Kier alpha value is -3.95. The first kappa shape index (κ1) is 21.3. The van der Waals surface area contributed by atoms with Crippen LogP contribution in [0.25, 0.3) is 55.3 Å². The van der Waals surface area contributed by atoms with Crippen LogP contribution < -0.4 is 0 Å². The maximum Gasteiger partial charge on any atom is 0.159 e. The largest absolute Gasteiger partial charge is 0.336 e. The van der Waals surface area contributed by atoms with Gasteiger partial charge < -0.3 is 4.98 Å². The number of H-pyrrole nitrogens is 2. The first-order valence-corrected chi connectivity index (χ1v) is 13.0. The van der Waals surface area contributed by atoms with Gasteiger partial charge in [-0.3, -0.25) is 25.0 Å². The summed E-state index contributed by atoms with van der Waals surface area (Å²) < 4.78 is 0. The topological polar surface area (TPSA) is 99.3 Å². The summed E-state index contributed by atoms with van der Waals surface area (Å²) >= 11 is 1.72. The normalized spacial score (nSPS) is 14.4. The van der Waals surface area contributed by atoms with Gasteiger partial charge in [0.05, 0.1) is 27.8 Å². The fraction of sp³-hybridized carbons (Fsp3) is 0.222. The van der Waals surface area contributed by atoms with Crippen LogP contribution in [0.3, 0.4) is 0 Å². The van der Waals surface area contributed by atoms with Gasteiger partial charge in [-0.25, -0.2) is 4.98 Å². The summed E-state index contributed by atoms with van der Waals surface area (Å²) in [6, 6.07) is 10.4. The van der Waals surface area contributed by atoms with Crippen molar-refractivity contribution in [2.24, 2.45) is 0 Å². The van der Waals surface area contributed by atoms with E-state index in [0.717, 1.165) is 69.1 Å². The zero-order valence-corrected chi connectivity index (χ0v) is 20.6. The number of likely N-dealkylation sites (tertiary alicyclic amines) is 1. The second-order valence-corrected chi connectivity index (χ2v) is 10.6. The van der Waals surface area contributed by atoms with Crippen molar-refractivity contribution in [2.45, 2.75) is 26.3 Å². The summed E-state index contributed by atoms with van der Waals surface area (Å²) in [4.78, 5) is 27.0. The maximum atomic E-state index is 4.93. The van der Waals surface area contributed by atoms with Gasteiger partial charge in [0, 0.05) is 41.0 Å². The van der Waals surface area contributed by atoms with E-state index in [1.165, 1.54) is 23.3 Å². The van der Waals surface area contributed by atoms with Crippen molar-refractivity contribution in [1.82, 2.24) is 40.0 Å². The van der Waals surface area contributed by atoms with Crippen molar-refractivity contribution in [2.75, 3.05) is 13.1 Å². The van der Waals surface area contributed by atoms with Crippen LogP contribution in [0.5, 0.6) is 0 Å². The quantitative estimate of drug-likeness (QED) is 0.325. The summed E-state index contributed by atoms with van der Waals surface area (Å²) in [6.45, 7) is 5.35. The molecular formula is C27H24N8S. The minimum atomic E-state index is 0.705. The summed E-state index contributed by atoms with van der Waals surface area (Å²) in [6.07, 6.45) is 10.0. The van der Waals surface area contributed by atoms with Crippen LogP contribution in [-0.4, -0.2) is 53.1 Å². The molecule has 0 aromatic carbocycles. The molecule has 8 nitrogen and oxygen atoms in total. The second kappa shape index (κ2) is 8.61. The van der Waals surface area contributed by atoms with Crippen LogP contribution in [0.2, 0.25) is 0 Å². The van der Waals surface area contributed by atoms with Crippen molar-refractivity contribution in [3.05, 3.63) is 65.6 Å². The third-order valence-corrected chi connectivity index (χ3v) is 7.75. The molecule has 0 aliphatic carbocycles. The summed E-state index contributed by atoms with van der Waals surface area (Å²) in [5.41, 5.74) is 7.38. The predicted molar refractivity (Wildman–Crippen MR) is 143 cm³/mol. The number of aromatic amines is 2. The number of hydrogen-bond acceptors (Lipinski definition) is 7. The number of rotatable bonds is 5. The summed E-state index contributed by atoms with van der Waals surface area (Å²) in [7, 11) is 0. The molecule has 0 unspecified atom stereocenters. The number of thiophene rings is 1. The van der Waals surface area contributed by atoms with Crippen LogP contribution in [-0.2, 0) is 6.54 Å². The van der Waals surface area contributed by atoms with E-state index in [1.807, 2.05) is 30.9 Å². The zero-order chi connectivity index (χ0) is 24.1. The standard InChI is InChI=1S/C27H24N8S/c1-16-4-5-23(36-16)26-25-20(6-7-29-26)31-27(32-25)24-19-11-21(30-14-22(19)33-34-24)18-10-17(12-28-13-18)15-35-8-2-3-9-35/h4-7,10-14H,2-3,8-9,15H2,1H3,(H,31,32)(H,33,34). The van der Waals surface area contributed by atoms with Crippen LogP contribution in [0.1, 0.15) is 23.3 Å². The van der Waals surface area contributed by atoms with E-state index in [1.54, 1.807) is 11.3 Å². The van der Waals surface area contributed by atoms with E-state index in [0.29, 0.717) is 5.82 Å². The van der Waals surface area contributed by atoms with E-state index < -0.39 is 0 Å². The first-order valence-electron chi connectivity index (χ1n) is 12.1. The molecule has 1 fully saturated rings. The SMILES string of the molecule is Cc1ccc(-c2nccc3[nH]c(-c4n[nH]c5cnc(-c6cncc(CN7CCCC7)c6)cc45)nc23)s1. The molecule has 0 saturated carbocycles. The Bertz CT molecular complexity index is 1710. The molecule has 36 heavy (non-hydrogen) atoms. The van der Waals surface area contributed by atoms with E-state index in [2.05, 4.69) is 61.2 Å². The third-order valence-electron chi connectivity index (χ3n) is 6.74. The van der Waals surface area contributed by atoms with Crippen molar-refractivity contribution in [3.8, 4) is 33.3 Å². The molecule has 1 saturated heterocycles. The number of fused-ring (bicyclic) bond motifs is 2. The van der Waals surface area contributed by atoms with Gasteiger partial charge >= 0.3 is 0 Å². The van der Waals surface area contributed by atoms with Crippen LogP contribution in [0.15, 0.2) is 55.1 Å². The Morgan fingerprint density at radius 3 is 2.75 bits per heavy atom. The molecule has 6 aromatic heterocycles.